The van der Waals surface area contributed by atoms with Crippen molar-refractivity contribution in [1.82, 2.24) is 10.6 Å². The second-order valence-corrected chi connectivity index (χ2v) is 6.72. The molecule has 1 saturated heterocycles. The minimum atomic E-state index is 0.182. The van der Waals surface area contributed by atoms with Crippen LogP contribution in [0.4, 0.5) is 0 Å². The van der Waals surface area contributed by atoms with Crippen molar-refractivity contribution in [3.8, 4) is 0 Å². The van der Waals surface area contributed by atoms with Crippen molar-refractivity contribution < 1.29 is 9.53 Å². The van der Waals surface area contributed by atoms with Gasteiger partial charge in [-0.3, -0.25) is 4.79 Å². The quantitative estimate of drug-likeness (QED) is 0.826. The molecule has 3 fully saturated rings. The van der Waals surface area contributed by atoms with Crippen LogP contribution >= 0.6 is 0 Å². The number of ether oxygens (including phenoxy) is 1. The molecule has 0 aromatic carbocycles. The van der Waals surface area contributed by atoms with E-state index in [2.05, 4.69) is 17.6 Å². The highest BCUT2D eigenvalue weighted by Crippen LogP contribution is 2.53. The second-order valence-electron chi connectivity index (χ2n) is 6.72. The average Bonchev–Trinajstić information content (AvgIpc) is 3.01. The lowest BCUT2D eigenvalue weighted by atomic mass is 9.55. The van der Waals surface area contributed by atoms with Crippen LogP contribution in [0.15, 0.2) is 0 Å². The van der Waals surface area contributed by atoms with Crippen molar-refractivity contribution in [1.29, 1.82) is 0 Å². The van der Waals surface area contributed by atoms with Crippen molar-refractivity contribution in [2.75, 3.05) is 19.7 Å². The molecule has 1 aliphatic heterocycles. The van der Waals surface area contributed by atoms with E-state index in [9.17, 15) is 4.79 Å². The highest BCUT2D eigenvalue weighted by Gasteiger charge is 2.56. The molecule has 2 aliphatic carbocycles. The van der Waals surface area contributed by atoms with Gasteiger partial charge in [-0.15, -0.1) is 0 Å². The summed E-state index contributed by atoms with van der Waals surface area (Å²) >= 11 is 0. The molecule has 4 nitrogen and oxygen atoms in total. The number of rotatable bonds is 4. The van der Waals surface area contributed by atoms with Gasteiger partial charge in [0, 0.05) is 24.6 Å². The molecule has 3 aliphatic rings. The molecule has 3 rings (SSSR count). The molecule has 1 amide bonds. The van der Waals surface area contributed by atoms with Crippen LogP contribution in [0.5, 0.6) is 0 Å². The van der Waals surface area contributed by atoms with Crippen LogP contribution < -0.4 is 10.6 Å². The largest absolute Gasteiger partial charge is 0.378 e. The molecule has 20 heavy (non-hydrogen) atoms. The fourth-order valence-electron chi connectivity index (χ4n) is 4.43. The standard InChI is InChI=1S/C16H28N2O2/c1-2-20-14-10-13(16(14)7-4-3-5-8-16)18-15(19)12-6-9-17-11-12/h12-14,17H,2-11H2,1H3,(H,18,19). The second kappa shape index (κ2) is 6.02. The molecular formula is C16H28N2O2. The Morgan fingerprint density at radius 1 is 1.35 bits per heavy atom. The Hall–Kier alpha value is -0.610. The van der Waals surface area contributed by atoms with Crippen LogP contribution in [-0.2, 0) is 9.53 Å². The van der Waals surface area contributed by atoms with E-state index in [1.54, 1.807) is 0 Å². The first kappa shape index (κ1) is 14.3. The van der Waals surface area contributed by atoms with Crippen LogP contribution in [0, 0.1) is 11.3 Å². The zero-order valence-corrected chi connectivity index (χ0v) is 12.6. The minimum Gasteiger partial charge on any atom is -0.378 e. The average molecular weight is 280 g/mol. The fourth-order valence-corrected chi connectivity index (χ4v) is 4.43. The summed E-state index contributed by atoms with van der Waals surface area (Å²) in [6.07, 6.45) is 8.76. The molecule has 0 radical (unpaired) electrons. The van der Waals surface area contributed by atoms with Gasteiger partial charge in [-0.2, -0.15) is 0 Å². The fraction of sp³-hybridized carbons (Fsp3) is 0.938. The highest BCUT2D eigenvalue weighted by molar-refractivity contribution is 5.79. The zero-order valence-electron chi connectivity index (χ0n) is 12.6. The third kappa shape index (κ3) is 2.48. The summed E-state index contributed by atoms with van der Waals surface area (Å²) in [5.74, 6) is 0.446. The van der Waals surface area contributed by atoms with Crippen LogP contribution in [0.3, 0.4) is 0 Å². The first-order valence-corrected chi connectivity index (χ1v) is 8.39. The predicted molar refractivity (Wildman–Crippen MR) is 78.5 cm³/mol. The number of carbonyl (C=O) groups is 1. The number of hydrogen-bond donors (Lipinski definition) is 2. The number of nitrogens with one attached hydrogen (secondary N) is 2. The Kier molecular flexibility index (Phi) is 4.32. The van der Waals surface area contributed by atoms with Gasteiger partial charge in [0.1, 0.15) is 0 Å². The van der Waals surface area contributed by atoms with Gasteiger partial charge in [0.05, 0.1) is 12.0 Å². The maximum absolute atomic E-state index is 12.3. The Labute approximate surface area is 122 Å². The summed E-state index contributed by atoms with van der Waals surface area (Å²) in [5.41, 5.74) is 0.246. The summed E-state index contributed by atoms with van der Waals surface area (Å²) < 4.78 is 5.94. The first-order valence-electron chi connectivity index (χ1n) is 8.39. The van der Waals surface area contributed by atoms with Crippen LogP contribution in [0.1, 0.15) is 51.9 Å². The zero-order chi connectivity index (χ0) is 14.0. The van der Waals surface area contributed by atoms with Crippen LogP contribution in [-0.4, -0.2) is 37.7 Å². The lowest BCUT2D eigenvalue weighted by Crippen LogP contribution is -2.66. The van der Waals surface area contributed by atoms with Crippen LogP contribution in [0.25, 0.3) is 0 Å². The molecule has 2 N–H and O–H groups in total. The van der Waals surface area contributed by atoms with Crippen molar-refractivity contribution in [3.63, 3.8) is 0 Å². The molecule has 2 saturated carbocycles. The van der Waals surface area contributed by atoms with Crippen molar-refractivity contribution >= 4 is 5.91 Å². The Morgan fingerprint density at radius 2 is 2.15 bits per heavy atom. The monoisotopic (exact) mass is 280 g/mol. The van der Waals surface area contributed by atoms with Crippen molar-refractivity contribution in [3.05, 3.63) is 0 Å². The normalized spacial score (nSPS) is 35.8. The maximum atomic E-state index is 12.3. The van der Waals surface area contributed by atoms with E-state index in [-0.39, 0.29) is 17.2 Å². The summed E-state index contributed by atoms with van der Waals surface area (Å²) in [7, 11) is 0. The molecule has 3 atom stereocenters. The topological polar surface area (TPSA) is 50.4 Å². The summed E-state index contributed by atoms with van der Waals surface area (Å²) in [6, 6.07) is 0.354. The van der Waals surface area contributed by atoms with Gasteiger partial charge >= 0.3 is 0 Å². The van der Waals surface area contributed by atoms with E-state index in [1.807, 2.05) is 0 Å². The number of carbonyl (C=O) groups excluding carboxylic acids is 1. The maximum Gasteiger partial charge on any atom is 0.224 e. The predicted octanol–water partition coefficient (Wildman–Crippen LogP) is 1.84. The van der Waals surface area contributed by atoms with Crippen LogP contribution in [0.2, 0.25) is 0 Å². The van der Waals surface area contributed by atoms with E-state index in [0.717, 1.165) is 32.5 Å². The van der Waals surface area contributed by atoms with Crippen molar-refractivity contribution in [2.24, 2.45) is 11.3 Å². The van der Waals surface area contributed by atoms with E-state index < -0.39 is 0 Å². The Bertz CT molecular complexity index is 346. The molecule has 0 aromatic heterocycles. The van der Waals surface area contributed by atoms with E-state index in [1.165, 1.54) is 32.1 Å². The smallest absolute Gasteiger partial charge is 0.224 e. The molecule has 1 heterocycles. The molecule has 0 bridgehead atoms. The number of amides is 1. The van der Waals surface area contributed by atoms with E-state index >= 15 is 0 Å². The van der Waals surface area contributed by atoms with Gasteiger partial charge in [0.25, 0.3) is 0 Å². The minimum absolute atomic E-state index is 0.182. The third-order valence-electron chi connectivity index (χ3n) is 5.68. The van der Waals surface area contributed by atoms with E-state index in [4.69, 9.17) is 4.74 Å². The Balaban J connectivity index is 1.62. The van der Waals surface area contributed by atoms with Gasteiger partial charge < -0.3 is 15.4 Å². The van der Waals surface area contributed by atoms with Gasteiger partial charge in [0.15, 0.2) is 0 Å². The lowest BCUT2D eigenvalue weighted by Gasteiger charge is -2.57. The van der Waals surface area contributed by atoms with Gasteiger partial charge in [-0.05, 0) is 39.2 Å². The molecule has 4 heteroatoms. The molecule has 0 aromatic rings. The molecule has 1 spiro atoms. The van der Waals surface area contributed by atoms with Crippen molar-refractivity contribution in [2.45, 2.75) is 64.0 Å². The molecule has 114 valence electrons. The Morgan fingerprint density at radius 3 is 2.80 bits per heavy atom. The summed E-state index contributed by atoms with van der Waals surface area (Å²) in [5, 5.41) is 6.63. The summed E-state index contributed by atoms with van der Waals surface area (Å²) in [4.78, 5) is 12.3. The SMILES string of the molecule is CCOC1CC(NC(=O)C2CCNC2)C12CCCCC2. The highest BCUT2D eigenvalue weighted by atomic mass is 16.5. The first-order chi connectivity index (χ1) is 9.76. The summed E-state index contributed by atoms with van der Waals surface area (Å²) in [6.45, 7) is 4.70. The van der Waals surface area contributed by atoms with E-state index in [0.29, 0.717) is 12.1 Å². The van der Waals surface area contributed by atoms with Gasteiger partial charge in [-0.1, -0.05) is 19.3 Å². The lowest BCUT2D eigenvalue weighted by molar-refractivity contribution is -0.158. The molecular weight excluding hydrogens is 252 g/mol. The molecule has 3 unspecified atom stereocenters. The third-order valence-corrected chi connectivity index (χ3v) is 5.68. The number of hydrogen-bond acceptors (Lipinski definition) is 3. The van der Waals surface area contributed by atoms with Gasteiger partial charge in [0.2, 0.25) is 5.91 Å². The van der Waals surface area contributed by atoms with Gasteiger partial charge in [-0.25, -0.2) is 0 Å².